The summed E-state index contributed by atoms with van der Waals surface area (Å²) in [4.78, 5) is 0. The molecular formula is C27H23BZr. The van der Waals surface area contributed by atoms with Gasteiger partial charge in [-0.1, -0.05) is 0 Å². The van der Waals surface area contributed by atoms with E-state index in [1.807, 2.05) is 0 Å². The number of hydrogen-bond acceptors (Lipinski definition) is 0. The van der Waals surface area contributed by atoms with Crippen molar-refractivity contribution in [3.8, 4) is 11.1 Å². The molecule has 0 radical (unpaired) electrons. The van der Waals surface area contributed by atoms with Crippen LogP contribution in [0.4, 0.5) is 0 Å². The molecule has 5 rings (SSSR count). The Morgan fingerprint density at radius 3 is 2.38 bits per heavy atom. The zero-order valence-corrected chi connectivity index (χ0v) is 19.7. The molecule has 0 saturated carbocycles. The third-order valence-electron chi connectivity index (χ3n) is 5.87. The predicted molar refractivity (Wildman–Crippen MR) is 124 cm³/mol. The van der Waals surface area contributed by atoms with Crippen LogP contribution in [0.2, 0.25) is 0 Å². The maximum absolute atomic E-state index is 2.50. The average Bonchev–Trinajstić information content (AvgIpc) is 3.20. The molecule has 2 heteroatoms. The van der Waals surface area contributed by atoms with Crippen molar-refractivity contribution in [2.45, 2.75) is 27.2 Å². The van der Waals surface area contributed by atoms with Crippen molar-refractivity contribution in [1.29, 1.82) is 0 Å². The fraction of sp³-hybridized carbons (Fsp3) is 0.148. The van der Waals surface area contributed by atoms with E-state index in [1.54, 1.807) is 6.45 Å². The van der Waals surface area contributed by atoms with Crippen molar-refractivity contribution >= 4 is 31.5 Å². The van der Waals surface area contributed by atoms with Crippen molar-refractivity contribution < 1.29 is 23.2 Å². The molecule has 0 nitrogen and oxygen atoms in total. The summed E-state index contributed by atoms with van der Waals surface area (Å²) in [6, 6.07) is 20.6. The van der Waals surface area contributed by atoms with Crippen molar-refractivity contribution in [2.75, 3.05) is 0 Å². The number of benzene rings is 3. The van der Waals surface area contributed by atoms with Crippen molar-refractivity contribution in [3.05, 3.63) is 92.8 Å². The van der Waals surface area contributed by atoms with Gasteiger partial charge < -0.3 is 0 Å². The van der Waals surface area contributed by atoms with E-state index in [4.69, 9.17) is 0 Å². The summed E-state index contributed by atoms with van der Waals surface area (Å²) in [5.41, 5.74) is 6.89. The Kier molecular flexibility index (Phi) is 5.00. The molecule has 1 heterocycles. The summed E-state index contributed by atoms with van der Waals surface area (Å²) < 4.78 is 3.23. The Balaban J connectivity index is 1.82. The van der Waals surface area contributed by atoms with Crippen LogP contribution in [0.3, 0.4) is 0 Å². The van der Waals surface area contributed by atoms with E-state index in [0.717, 1.165) is 6.42 Å². The molecular weight excluding hydrogens is 426 g/mol. The number of fused-ring (bicyclic) bond motifs is 2. The Morgan fingerprint density at radius 1 is 0.828 bits per heavy atom. The molecule has 0 atom stereocenters. The second-order valence-corrected chi connectivity index (χ2v) is 11.7. The zero-order valence-electron chi connectivity index (χ0n) is 17.2. The molecule has 1 aromatic heterocycles. The van der Waals surface area contributed by atoms with Gasteiger partial charge in [0.2, 0.25) is 0 Å². The molecule has 0 bridgehead atoms. The van der Waals surface area contributed by atoms with E-state index in [1.165, 1.54) is 49.3 Å². The van der Waals surface area contributed by atoms with Crippen LogP contribution in [0.15, 0.2) is 76.1 Å². The van der Waals surface area contributed by atoms with Gasteiger partial charge in [-0.2, -0.15) is 0 Å². The Bertz CT molecular complexity index is 1300. The fourth-order valence-corrected chi connectivity index (χ4v) is 7.54. The van der Waals surface area contributed by atoms with Crippen LogP contribution in [0.5, 0.6) is 0 Å². The second-order valence-electron chi connectivity index (χ2n) is 8.13. The molecule has 0 aliphatic heterocycles. The quantitative estimate of drug-likeness (QED) is 0.314. The average molecular weight is 450 g/mol. The van der Waals surface area contributed by atoms with Gasteiger partial charge in [0.1, 0.15) is 0 Å². The van der Waals surface area contributed by atoms with Crippen molar-refractivity contribution in [2.24, 2.45) is 0 Å². The van der Waals surface area contributed by atoms with Gasteiger partial charge in [-0.05, 0) is 0 Å². The van der Waals surface area contributed by atoms with Crippen LogP contribution in [-0.4, -0.2) is 6.91 Å². The molecule has 0 unspecified atom stereocenters. The summed E-state index contributed by atoms with van der Waals surface area (Å²) in [5, 5.41) is 5.44. The van der Waals surface area contributed by atoms with Gasteiger partial charge in [0, 0.05) is 0 Å². The standard InChI is InChI=1S/C22H18B.C5H5.Zr/c1-14-11-15(2)20(16(3)12-14)21-19-9-5-4-7-17(19)13-18-8-6-10-23-22(18)21;1-2-4-5-3-1;/h4-9,11-13H,1-3H3;1-3H,4H2;. The zero-order chi connectivity index (χ0) is 20.0. The SMILES string of the molecule is Cc1cc(C)c(-c2c3b[c]([Zr][C]4=CC=CC4)ccc3cc3ccccc23)c(C)c1. The van der Waals surface area contributed by atoms with Crippen LogP contribution in [-0.2, 0) is 23.2 Å². The normalized spacial score (nSPS) is 13.1. The maximum atomic E-state index is 2.50. The van der Waals surface area contributed by atoms with E-state index >= 15 is 0 Å². The summed E-state index contributed by atoms with van der Waals surface area (Å²) in [5.74, 6) is 0. The number of hydrogen-bond donors (Lipinski definition) is 0. The topological polar surface area (TPSA) is 0 Å². The van der Waals surface area contributed by atoms with E-state index < -0.39 is 23.2 Å². The number of rotatable bonds is 3. The molecule has 29 heavy (non-hydrogen) atoms. The van der Waals surface area contributed by atoms with Crippen LogP contribution < -0.4 is 3.17 Å². The second kappa shape index (κ2) is 7.66. The van der Waals surface area contributed by atoms with Gasteiger partial charge >= 0.3 is 186 Å². The predicted octanol–water partition coefficient (Wildman–Crippen LogP) is 6.47. The first-order chi connectivity index (χ1) is 14.1. The molecule has 3 aromatic carbocycles. The molecule has 4 aromatic rings. The van der Waals surface area contributed by atoms with E-state index in [2.05, 4.69) is 101 Å². The number of aryl methyl sites for hydroxylation is 3. The van der Waals surface area contributed by atoms with Gasteiger partial charge in [-0.25, -0.2) is 0 Å². The molecule has 0 fully saturated rings. The minimum absolute atomic E-state index is 0.717. The van der Waals surface area contributed by atoms with Gasteiger partial charge in [0.25, 0.3) is 0 Å². The fourth-order valence-electron chi connectivity index (χ4n) is 4.71. The third kappa shape index (κ3) is 3.53. The van der Waals surface area contributed by atoms with Crippen LogP contribution in [0, 0.1) is 20.8 Å². The minimum atomic E-state index is -0.717. The van der Waals surface area contributed by atoms with Gasteiger partial charge in [-0.3, -0.25) is 0 Å². The Morgan fingerprint density at radius 2 is 1.62 bits per heavy atom. The molecule has 0 spiro atoms. The first-order valence-corrected chi connectivity index (χ1v) is 12.7. The third-order valence-corrected chi connectivity index (χ3v) is 9.04. The summed E-state index contributed by atoms with van der Waals surface area (Å²) >= 11 is -0.717. The Hall–Kier alpha value is -2.04. The summed E-state index contributed by atoms with van der Waals surface area (Å²) in [6.07, 6.45) is 8.00. The monoisotopic (exact) mass is 448 g/mol. The van der Waals surface area contributed by atoms with Gasteiger partial charge in [-0.15, -0.1) is 0 Å². The summed E-state index contributed by atoms with van der Waals surface area (Å²) in [6.45, 7) is 9.22. The molecule has 1 aliphatic rings. The van der Waals surface area contributed by atoms with Crippen molar-refractivity contribution in [3.63, 3.8) is 0 Å². The van der Waals surface area contributed by atoms with Crippen LogP contribution in [0.1, 0.15) is 23.1 Å². The number of allylic oxidation sites excluding steroid dienone is 4. The van der Waals surface area contributed by atoms with Gasteiger partial charge in [0.05, 0.1) is 0 Å². The van der Waals surface area contributed by atoms with Crippen molar-refractivity contribution in [1.82, 2.24) is 0 Å². The first-order valence-electron chi connectivity index (χ1n) is 10.3. The summed E-state index contributed by atoms with van der Waals surface area (Å²) in [7, 11) is 0. The molecule has 1 aliphatic carbocycles. The van der Waals surface area contributed by atoms with E-state index in [0.29, 0.717) is 0 Å². The molecule has 0 saturated heterocycles. The molecule has 0 amide bonds. The Labute approximate surface area is 185 Å². The molecule has 138 valence electrons. The first kappa shape index (κ1) is 19.0. The van der Waals surface area contributed by atoms with Gasteiger partial charge in [0.15, 0.2) is 0 Å². The van der Waals surface area contributed by atoms with E-state index in [-0.39, 0.29) is 0 Å². The van der Waals surface area contributed by atoms with Crippen LogP contribution in [0.25, 0.3) is 32.6 Å². The molecule has 0 N–H and O–H groups in total. The van der Waals surface area contributed by atoms with E-state index in [9.17, 15) is 0 Å². The van der Waals surface area contributed by atoms with Crippen LogP contribution >= 0.6 is 0 Å².